The van der Waals surface area contributed by atoms with E-state index in [0.29, 0.717) is 26.2 Å². The van der Waals surface area contributed by atoms with Gasteiger partial charge in [0, 0.05) is 22.4 Å². The van der Waals surface area contributed by atoms with E-state index in [1.165, 1.54) is 52.4 Å². The SMILES string of the molecule is C#CCON=C(C(=O)N[C@@H]1C(=O)N2C(C(=O)O)=C(CSc3nnc(-c4ccc(O)c(O)c4)s3)CS[C@H]12)c1csc(N)n1. The maximum atomic E-state index is 13.1. The number of thioether (sulfide) groups is 2. The van der Waals surface area contributed by atoms with Gasteiger partial charge in [0.05, 0.1) is 0 Å². The molecule has 3 aromatic rings. The number of amides is 2. The number of aromatic nitrogens is 3. The molecular weight excluding hydrogens is 627 g/mol. The number of phenols is 2. The second-order valence-corrected chi connectivity index (χ2v) is 12.7. The number of carboxylic acid groups (broad SMARTS) is 1. The van der Waals surface area contributed by atoms with Crippen LogP contribution in [0.1, 0.15) is 5.69 Å². The maximum Gasteiger partial charge on any atom is 0.352 e. The van der Waals surface area contributed by atoms with Gasteiger partial charge in [-0.2, -0.15) is 0 Å². The van der Waals surface area contributed by atoms with Crippen LogP contribution < -0.4 is 11.1 Å². The van der Waals surface area contributed by atoms with Crippen LogP contribution in [0.15, 0.2) is 44.3 Å². The number of carbonyl (C=O) groups excluding carboxylic acids is 2. The Balaban J connectivity index is 1.28. The summed E-state index contributed by atoms with van der Waals surface area (Å²) in [6, 6.07) is 3.29. The van der Waals surface area contributed by atoms with Crippen LogP contribution in [0.25, 0.3) is 10.6 Å². The Morgan fingerprint density at radius 2 is 2.12 bits per heavy atom. The van der Waals surface area contributed by atoms with E-state index >= 15 is 0 Å². The third-order valence-electron chi connectivity index (χ3n) is 5.82. The third-order valence-corrected chi connectivity index (χ3v) is 10.0. The fraction of sp³-hybridized carbons (Fsp3) is 0.208. The highest BCUT2D eigenvalue weighted by molar-refractivity contribution is 8.01. The number of nitrogen functional groups attached to an aromatic ring is 1. The summed E-state index contributed by atoms with van der Waals surface area (Å²) < 4.78 is 0.545. The lowest BCUT2D eigenvalue weighted by molar-refractivity contribution is -0.150. The summed E-state index contributed by atoms with van der Waals surface area (Å²) >= 11 is 4.88. The number of aliphatic carboxylic acids is 1. The van der Waals surface area contributed by atoms with E-state index in [2.05, 4.69) is 31.6 Å². The molecule has 2 aromatic heterocycles. The fourth-order valence-electron chi connectivity index (χ4n) is 3.93. The average Bonchev–Trinajstić information content (AvgIpc) is 3.62. The highest BCUT2D eigenvalue weighted by Crippen LogP contribution is 2.42. The number of fused-ring (bicyclic) bond motifs is 1. The van der Waals surface area contributed by atoms with Crippen LogP contribution >= 0.6 is 46.2 Å². The van der Waals surface area contributed by atoms with Crippen molar-refractivity contribution in [3.63, 3.8) is 0 Å². The number of nitrogens with two attached hydrogens (primary N) is 1. The largest absolute Gasteiger partial charge is 0.504 e. The third kappa shape index (κ3) is 5.85. The predicted molar refractivity (Wildman–Crippen MR) is 157 cm³/mol. The van der Waals surface area contributed by atoms with Crippen LogP contribution in [0.2, 0.25) is 0 Å². The summed E-state index contributed by atoms with van der Waals surface area (Å²) in [7, 11) is 0. The van der Waals surface area contributed by atoms with E-state index in [4.69, 9.17) is 17.0 Å². The normalized spacial score (nSPS) is 18.2. The molecule has 5 rings (SSSR count). The second kappa shape index (κ2) is 12.3. The number of thiazole rings is 1. The Morgan fingerprint density at radius 1 is 1.31 bits per heavy atom. The van der Waals surface area contributed by atoms with Crippen LogP contribution in [0, 0.1) is 12.3 Å². The number of phenolic OH excluding ortho intramolecular Hbond substituents is 2. The molecule has 14 nitrogen and oxygen atoms in total. The summed E-state index contributed by atoms with van der Waals surface area (Å²) in [5, 5.41) is 45.4. The molecule has 0 aliphatic carbocycles. The Labute approximate surface area is 253 Å². The van der Waals surface area contributed by atoms with Crippen molar-refractivity contribution in [1.82, 2.24) is 25.4 Å². The number of hydrogen-bond acceptors (Lipinski definition) is 15. The molecule has 1 fully saturated rings. The van der Waals surface area contributed by atoms with Crippen LogP contribution in [0.3, 0.4) is 0 Å². The van der Waals surface area contributed by atoms with Gasteiger partial charge in [-0.15, -0.1) is 39.7 Å². The summed E-state index contributed by atoms with van der Waals surface area (Å²) in [6.07, 6.45) is 5.17. The minimum atomic E-state index is -1.27. The maximum absolute atomic E-state index is 13.1. The van der Waals surface area contributed by atoms with E-state index in [-0.39, 0.29) is 46.1 Å². The summed E-state index contributed by atoms with van der Waals surface area (Å²) in [5.41, 5.74) is 6.51. The molecule has 216 valence electrons. The van der Waals surface area contributed by atoms with Gasteiger partial charge in [0.15, 0.2) is 33.3 Å². The van der Waals surface area contributed by atoms with Gasteiger partial charge in [-0.1, -0.05) is 34.2 Å². The number of anilines is 1. The monoisotopic (exact) mass is 645 g/mol. The summed E-state index contributed by atoms with van der Waals surface area (Å²) in [5.74, 6) is -0.414. The average molecular weight is 646 g/mol. The minimum Gasteiger partial charge on any atom is -0.504 e. The first kappa shape index (κ1) is 29.2. The minimum absolute atomic E-state index is 0.138. The lowest BCUT2D eigenvalue weighted by Crippen LogP contribution is -2.71. The van der Waals surface area contributed by atoms with Gasteiger partial charge in [-0.25, -0.2) is 9.78 Å². The predicted octanol–water partition coefficient (Wildman–Crippen LogP) is 1.54. The molecule has 6 N–H and O–H groups in total. The van der Waals surface area contributed by atoms with E-state index in [9.17, 15) is 29.7 Å². The number of benzene rings is 1. The van der Waals surface area contributed by atoms with Crippen molar-refractivity contribution in [3.05, 3.63) is 40.5 Å². The molecule has 0 bridgehead atoms. The van der Waals surface area contributed by atoms with Crippen LogP contribution in [0.4, 0.5) is 5.13 Å². The van der Waals surface area contributed by atoms with Crippen molar-refractivity contribution in [3.8, 4) is 34.4 Å². The molecule has 42 heavy (non-hydrogen) atoms. The Bertz CT molecular complexity index is 1680. The summed E-state index contributed by atoms with van der Waals surface area (Å²) in [4.78, 5) is 48.5. The number of carbonyl (C=O) groups is 3. The molecule has 0 radical (unpaired) electrons. The number of nitrogens with zero attached hydrogens (tertiary/aromatic N) is 5. The molecular formula is C24H19N7O7S4. The van der Waals surface area contributed by atoms with Gasteiger partial charge in [-0.05, 0) is 23.8 Å². The van der Waals surface area contributed by atoms with Gasteiger partial charge < -0.3 is 31.2 Å². The first-order chi connectivity index (χ1) is 20.2. The van der Waals surface area contributed by atoms with Gasteiger partial charge in [0.2, 0.25) is 0 Å². The molecule has 0 spiro atoms. The van der Waals surface area contributed by atoms with E-state index < -0.39 is 29.2 Å². The number of hydrogen-bond donors (Lipinski definition) is 5. The van der Waals surface area contributed by atoms with Gasteiger partial charge in [0.1, 0.15) is 27.8 Å². The number of β-lactam (4-membered cyclic amide) rings is 1. The summed E-state index contributed by atoms with van der Waals surface area (Å²) in [6.45, 7) is -0.197. The van der Waals surface area contributed by atoms with Crippen molar-refractivity contribution in [2.45, 2.75) is 15.8 Å². The van der Waals surface area contributed by atoms with Crippen molar-refractivity contribution in [2.24, 2.45) is 5.16 Å². The standard InChI is InChI=1S/C24H19N7O7S4/c1-2-5-38-30-15(12-9-40-23(25)26-12)18(34)27-16-20(35)31-17(22(36)37)11(7-39-21(16)31)8-41-24-29-28-19(42-24)10-3-4-13(32)14(33)6-10/h1,3-4,6,9,16,21,32-33H,5,7-8H2,(H2,25,26)(H,27,34)(H,36,37)/t16-,21-/m1/s1. The zero-order chi connectivity index (χ0) is 30.0. The van der Waals surface area contributed by atoms with Crippen molar-refractivity contribution < 1.29 is 34.5 Å². The van der Waals surface area contributed by atoms with Crippen LogP contribution in [-0.4, -0.2) is 88.4 Å². The smallest absolute Gasteiger partial charge is 0.352 e. The Morgan fingerprint density at radius 3 is 2.81 bits per heavy atom. The molecule has 2 atom stereocenters. The topological polar surface area (TPSA) is 213 Å². The number of rotatable bonds is 10. The van der Waals surface area contributed by atoms with Crippen molar-refractivity contribution in [2.75, 3.05) is 23.8 Å². The molecule has 0 saturated carbocycles. The number of oxime groups is 1. The molecule has 2 amide bonds. The first-order valence-corrected chi connectivity index (χ1v) is 15.4. The number of carboxylic acids is 1. The molecule has 4 heterocycles. The zero-order valence-electron chi connectivity index (χ0n) is 21.1. The van der Waals surface area contributed by atoms with E-state index in [0.717, 1.165) is 16.2 Å². The Kier molecular flexibility index (Phi) is 8.54. The van der Waals surface area contributed by atoms with E-state index in [1.54, 1.807) is 6.07 Å². The first-order valence-electron chi connectivity index (χ1n) is 11.7. The molecule has 0 unspecified atom stereocenters. The number of nitrogens with one attached hydrogen (secondary N) is 1. The molecule has 2 aliphatic heterocycles. The molecule has 1 aromatic carbocycles. The zero-order valence-corrected chi connectivity index (χ0v) is 24.3. The molecule has 18 heteroatoms. The van der Waals surface area contributed by atoms with Crippen molar-refractivity contribution >= 4 is 74.8 Å². The quantitative estimate of drug-likeness (QED) is 0.0403. The highest BCUT2D eigenvalue weighted by atomic mass is 32.2. The molecule has 1 saturated heterocycles. The van der Waals surface area contributed by atoms with E-state index in [1.807, 2.05) is 0 Å². The fourth-order valence-corrected chi connectivity index (χ4v) is 7.81. The Hall–Kier alpha value is -4.31. The number of aromatic hydroxyl groups is 2. The van der Waals surface area contributed by atoms with Crippen LogP contribution in [0.5, 0.6) is 11.5 Å². The van der Waals surface area contributed by atoms with Crippen molar-refractivity contribution in [1.29, 1.82) is 0 Å². The van der Waals surface area contributed by atoms with Gasteiger partial charge in [-0.3, -0.25) is 14.5 Å². The lowest BCUT2D eigenvalue weighted by atomic mass is 10.0. The van der Waals surface area contributed by atoms with Gasteiger partial charge in [0.25, 0.3) is 11.8 Å². The molecule has 2 aliphatic rings. The highest BCUT2D eigenvalue weighted by Gasteiger charge is 2.54. The lowest BCUT2D eigenvalue weighted by Gasteiger charge is -2.49. The second-order valence-electron chi connectivity index (χ2n) is 8.47. The van der Waals surface area contributed by atoms with Crippen LogP contribution in [-0.2, 0) is 19.2 Å². The number of terminal acetylenes is 1. The van der Waals surface area contributed by atoms with Gasteiger partial charge >= 0.3 is 5.97 Å².